The average molecular weight is 329 g/mol. The summed E-state index contributed by atoms with van der Waals surface area (Å²) in [4.78, 5) is 12.1. The fourth-order valence-corrected chi connectivity index (χ4v) is 2.75. The molecule has 0 aliphatic heterocycles. The number of hydrogen-bond acceptors (Lipinski definition) is 4. The topological polar surface area (TPSA) is 84.6 Å². The minimum Gasteiger partial charge on any atom is -0.497 e. The molecule has 1 aliphatic rings. The van der Waals surface area contributed by atoms with Gasteiger partial charge in [-0.25, -0.2) is 0 Å². The van der Waals surface area contributed by atoms with Crippen LogP contribution >= 0.6 is 12.4 Å². The molecule has 0 radical (unpaired) electrons. The van der Waals surface area contributed by atoms with Crippen LogP contribution < -0.4 is 15.8 Å². The third-order valence-electron chi connectivity index (χ3n) is 4.06. The Hall–Kier alpha value is -1.30. The maximum absolute atomic E-state index is 12.1. The monoisotopic (exact) mass is 328 g/mol. The zero-order valence-electron chi connectivity index (χ0n) is 12.8. The first-order valence-electron chi connectivity index (χ1n) is 7.45. The number of hydrogen-bond donors (Lipinski definition) is 3. The molecule has 1 amide bonds. The molecular formula is C16H25ClN2O3. The van der Waals surface area contributed by atoms with Crippen molar-refractivity contribution in [2.45, 2.75) is 37.8 Å². The van der Waals surface area contributed by atoms with Crippen molar-refractivity contribution in [1.82, 2.24) is 5.32 Å². The van der Waals surface area contributed by atoms with E-state index < -0.39 is 6.10 Å². The summed E-state index contributed by atoms with van der Waals surface area (Å²) in [6, 6.07) is 7.31. The van der Waals surface area contributed by atoms with Crippen LogP contribution in [0.1, 0.15) is 37.4 Å². The number of amides is 1. The zero-order valence-corrected chi connectivity index (χ0v) is 13.6. The number of benzene rings is 1. The summed E-state index contributed by atoms with van der Waals surface area (Å²) in [6.07, 6.45) is 2.92. The predicted molar refractivity (Wildman–Crippen MR) is 88.1 cm³/mol. The third-order valence-corrected chi connectivity index (χ3v) is 4.06. The van der Waals surface area contributed by atoms with Crippen molar-refractivity contribution >= 4 is 18.3 Å². The van der Waals surface area contributed by atoms with Crippen LogP contribution in [0.15, 0.2) is 24.3 Å². The highest BCUT2D eigenvalue weighted by molar-refractivity contribution is 5.85. The van der Waals surface area contributed by atoms with E-state index in [-0.39, 0.29) is 36.8 Å². The van der Waals surface area contributed by atoms with Crippen LogP contribution in [0.4, 0.5) is 0 Å². The lowest BCUT2D eigenvalue weighted by Gasteiger charge is -2.26. The molecule has 2 rings (SSSR count). The molecule has 0 saturated heterocycles. The number of nitrogens with two attached hydrogens (primary N) is 1. The average Bonchev–Trinajstić information content (AvgIpc) is 2.52. The maximum Gasteiger partial charge on any atom is 0.223 e. The van der Waals surface area contributed by atoms with E-state index in [9.17, 15) is 9.90 Å². The SMILES string of the molecule is COc1ccc(C(O)CNC(=O)C2CCCC(N)C2)cc1.Cl. The fraction of sp³-hybridized carbons (Fsp3) is 0.562. The molecule has 0 spiro atoms. The van der Waals surface area contributed by atoms with Crippen molar-refractivity contribution in [2.24, 2.45) is 11.7 Å². The number of carbonyl (C=O) groups excluding carboxylic acids is 1. The lowest BCUT2D eigenvalue weighted by atomic mass is 9.85. The number of halogens is 1. The standard InChI is InChI=1S/C16H24N2O3.ClH/c1-21-14-7-5-11(6-8-14)15(19)10-18-16(20)12-3-2-4-13(17)9-12;/h5-8,12-13,15,19H,2-4,9-10,17H2,1H3,(H,18,20);1H. The van der Waals surface area contributed by atoms with Gasteiger partial charge in [0, 0.05) is 18.5 Å². The largest absolute Gasteiger partial charge is 0.497 e. The third kappa shape index (κ3) is 5.16. The van der Waals surface area contributed by atoms with Gasteiger partial charge < -0.3 is 20.9 Å². The Bertz CT molecular complexity index is 467. The van der Waals surface area contributed by atoms with E-state index in [0.717, 1.165) is 37.0 Å². The van der Waals surface area contributed by atoms with Gasteiger partial charge in [0.1, 0.15) is 5.75 Å². The smallest absolute Gasteiger partial charge is 0.223 e. The summed E-state index contributed by atoms with van der Waals surface area (Å²) in [6.45, 7) is 0.219. The molecule has 22 heavy (non-hydrogen) atoms. The van der Waals surface area contributed by atoms with Crippen molar-refractivity contribution in [3.8, 4) is 5.75 Å². The molecule has 1 saturated carbocycles. The summed E-state index contributed by atoms with van der Waals surface area (Å²) in [5.41, 5.74) is 6.66. The van der Waals surface area contributed by atoms with Gasteiger partial charge in [0.05, 0.1) is 13.2 Å². The molecule has 5 nitrogen and oxygen atoms in total. The molecule has 0 bridgehead atoms. The molecule has 1 aliphatic carbocycles. The van der Waals surface area contributed by atoms with E-state index in [1.807, 2.05) is 0 Å². The highest BCUT2D eigenvalue weighted by Crippen LogP contribution is 2.23. The highest BCUT2D eigenvalue weighted by atomic mass is 35.5. The second-order valence-electron chi connectivity index (χ2n) is 5.66. The van der Waals surface area contributed by atoms with Crippen molar-refractivity contribution in [3.05, 3.63) is 29.8 Å². The van der Waals surface area contributed by atoms with E-state index >= 15 is 0 Å². The van der Waals surface area contributed by atoms with Crippen LogP contribution in [0.3, 0.4) is 0 Å². The van der Waals surface area contributed by atoms with E-state index in [1.54, 1.807) is 31.4 Å². The molecule has 1 fully saturated rings. The minimum atomic E-state index is -0.711. The van der Waals surface area contributed by atoms with Gasteiger partial charge in [-0.2, -0.15) is 0 Å². The fourth-order valence-electron chi connectivity index (χ4n) is 2.75. The molecule has 1 aromatic rings. The molecule has 6 heteroatoms. The molecule has 3 unspecified atom stereocenters. The first kappa shape index (κ1) is 18.7. The number of aliphatic hydroxyl groups excluding tert-OH is 1. The quantitative estimate of drug-likeness (QED) is 0.769. The number of aliphatic hydroxyl groups is 1. The highest BCUT2D eigenvalue weighted by Gasteiger charge is 2.25. The van der Waals surface area contributed by atoms with Crippen LogP contribution in [-0.4, -0.2) is 30.7 Å². The number of ether oxygens (including phenoxy) is 1. The summed E-state index contributed by atoms with van der Waals surface area (Å²) in [5, 5.41) is 12.9. The van der Waals surface area contributed by atoms with Gasteiger partial charge in [0.15, 0.2) is 0 Å². The van der Waals surface area contributed by atoms with E-state index in [0.29, 0.717) is 0 Å². The molecule has 0 aromatic heterocycles. The van der Waals surface area contributed by atoms with Gasteiger partial charge in [0.2, 0.25) is 5.91 Å². The lowest BCUT2D eigenvalue weighted by Crippen LogP contribution is -2.39. The van der Waals surface area contributed by atoms with Crippen LogP contribution in [0.25, 0.3) is 0 Å². The number of methoxy groups -OCH3 is 1. The van der Waals surface area contributed by atoms with Crippen molar-refractivity contribution in [3.63, 3.8) is 0 Å². The summed E-state index contributed by atoms with van der Waals surface area (Å²) < 4.78 is 5.07. The first-order chi connectivity index (χ1) is 10.1. The predicted octanol–water partition coefficient (Wildman–Crippen LogP) is 1.78. The Morgan fingerprint density at radius 2 is 2.09 bits per heavy atom. The van der Waals surface area contributed by atoms with Gasteiger partial charge in [-0.1, -0.05) is 18.6 Å². The van der Waals surface area contributed by atoms with E-state index in [1.165, 1.54) is 0 Å². The zero-order chi connectivity index (χ0) is 15.2. The molecule has 0 heterocycles. The van der Waals surface area contributed by atoms with Crippen LogP contribution in [0.2, 0.25) is 0 Å². The van der Waals surface area contributed by atoms with Crippen molar-refractivity contribution in [2.75, 3.05) is 13.7 Å². The number of carbonyl (C=O) groups is 1. The summed E-state index contributed by atoms with van der Waals surface area (Å²) >= 11 is 0. The maximum atomic E-state index is 12.1. The summed E-state index contributed by atoms with van der Waals surface area (Å²) in [5.74, 6) is 0.723. The van der Waals surface area contributed by atoms with E-state index in [2.05, 4.69) is 5.32 Å². The Balaban J connectivity index is 0.00000242. The molecular weight excluding hydrogens is 304 g/mol. The number of rotatable bonds is 5. The Kier molecular flexibility index (Phi) is 7.65. The Labute approximate surface area is 137 Å². The van der Waals surface area contributed by atoms with Gasteiger partial charge in [-0.3, -0.25) is 4.79 Å². The van der Waals surface area contributed by atoms with Crippen LogP contribution in [0, 0.1) is 5.92 Å². The van der Waals surface area contributed by atoms with Gasteiger partial charge in [-0.15, -0.1) is 12.4 Å². The molecule has 1 aromatic carbocycles. The van der Waals surface area contributed by atoms with Crippen LogP contribution in [0.5, 0.6) is 5.75 Å². The molecule has 124 valence electrons. The van der Waals surface area contributed by atoms with Gasteiger partial charge in [-0.05, 0) is 37.0 Å². The summed E-state index contributed by atoms with van der Waals surface area (Å²) in [7, 11) is 1.60. The van der Waals surface area contributed by atoms with Crippen molar-refractivity contribution in [1.29, 1.82) is 0 Å². The van der Waals surface area contributed by atoms with Crippen molar-refractivity contribution < 1.29 is 14.6 Å². The van der Waals surface area contributed by atoms with E-state index in [4.69, 9.17) is 10.5 Å². The molecule has 3 atom stereocenters. The Morgan fingerprint density at radius 3 is 2.68 bits per heavy atom. The minimum absolute atomic E-state index is 0. The second-order valence-corrected chi connectivity index (χ2v) is 5.66. The van der Waals surface area contributed by atoms with Gasteiger partial charge >= 0.3 is 0 Å². The molecule has 4 N–H and O–H groups in total. The Morgan fingerprint density at radius 1 is 1.41 bits per heavy atom. The normalized spacial score (nSPS) is 22.3. The second kappa shape index (κ2) is 8.98. The lowest BCUT2D eigenvalue weighted by molar-refractivity contribution is -0.126. The first-order valence-corrected chi connectivity index (χ1v) is 7.45. The van der Waals surface area contributed by atoms with Crippen LogP contribution in [-0.2, 0) is 4.79 Å². The number of nitrogens with one attached hydrogen (secondary N) is 1. The van der Waals surface area contributed by atoms with Gasteiger partial charge in [0.25, 0.3) is 0 Å².